The Labute approximate surface area is 129 Å². The lowest BCUT2D eigenvalue weighted by Crippen LogP contribution is -2.15. The molecule has 0 aromatic heterocycles. The van der Waals surface area contributed by atoms with Crippen LogP contribution < -0.4 is 10.1 Å². The minimum Gasteiger partial charge on any atom is -0.433 e. The SMILES string of the molecule is O=C(CSc1ccc(F)cc1)Nc1ccccc1OC(F)F. The number of hydrogen-bond acceptors (Lipinski definition) is 3. The number of anilines is 1. The molecule has 0 saturated carbocycles. The molecule has 2 rings (SSSR count). The highest BCUT2D eigenvalue weighted by molar-refractivity contribution is 8.00. The number of carbonyl (C=O) groups is 1. The van der Waals surface area contributed by atoms with E-state index in [9.17, 15) is 18.0 Å². The fourth-order valence-electron chi connectivity index (χ4n) is 1.63. The quantitative estimate of drug-likeness (QED) is 0.810. The fraction of sp³-hybridized carbons (Fsp3) is 0.133. The van der Waals surface area contributed by atoms with Crippen molar-refractivity contribution in [3.8, 4) is 5.75 Å². The first-order chi connectivity index (χ1) is 10.5. The number of benzene rings is 2. The summed E-state index contributed by atoms with van der Waals surface area (Å²) in [6.07, 6.45) is 0. The summed E-state index contributed by atoms with van der Waals surface area (Å²) < 4.78 is 41.6. The first-order valence-corrected chi connectivity index (χ1v) is 7.25. The van der Waals surface area contributed by atoms with Crippen LogP contribution in [0.4, 0.5) is 18.9 Å². The standard InChI is InChI=1S/C15H12F3NO2S/c16-10-5-7-11(8-6-10)22-9-14(20)19-12-3-1-2-4-13(12)21-15(17)18/h1-8,15H,9H2,(H,19,20). The first kappa shape index (κ1) is 16.2. The van der Waals surface area contributed by atoms with Crippen LogP contribution in [0, 0.1) is 5.82 Å². The number of amides is 1. The van der Waals surface area contributed by atoms with E-state index in [1.54, 1.807) is 18.2 Å². The van der Waals surface area contributed by atoms with E-state index in [0.717, 1.165) is 4.90 Å². The Morgan fingerprint density at radius 2 is 1.82 bits per heavy atom. The summed E-state index contributed by atoms with van der Waals surface area (Å²) in [7, 11) is 0. The molecular formula is C15H12F3NO2S. The molecule has 0 radical (unpaired) electrons. The summed E-state index contributed by atoms with van der Waals surface area (Å²) in [6.45, 7) is -2.97. The summed E-state index contributed by atoms with van der Waals surface area (Å²) in [5.41, 5.74) is 0.174. The summed E-state index contributed by atoms with van der Waals surface area (Å²) >= 11 is 1.21. The summed E-state index contributed by atoms with van der Waals surface area (Å²) in [4.78, 5) is 12.6. The van der Waals surface area contributed by atoms with Gasteiger partial charge >= 0.3 is 6.61 Å². The molecule has 0 bridgehead atoms. The van der Waals surface area contributed by atoms with Crippen LogP contribution >= 0.6 is 11.8 Å². The fourth-order valence-corrected chi connectivity index (χ4v) is 2.33. The van der Waals surface area contributed by atoms with E-state index >= 15 is 0 Å². The van der Waals surface area contributed by atoms with E-state index in [2.05, 4.69) is 10.1 Å². The molecule has 1 N–H and O–H groups in total. The van der Waals surface area contributed by atoms with Gasteiger partial charge in [-0.15, -0.1) is 11.8 Å². The minimum absolute atomic E-state index is 0.0641. The highest BCUT2D eigenvalue weighted by atomic mass is 32.2. The van der Waals surface area contributed by atoms with Gasteiger partial charge in [-0.3, -0.25) is 4.79 Å². The van der Waals surface area contributed by atoms with Crippen molar-refractivity contribution in [1.82, 2.24) is 0 Å². The average Bonchev–Trinajstić information content (AvgIpc) is 2.48. The maximum Gasteiger partial charge on any atom is 0.387 e. The molecule has 0 fully saturated rings. The molecule has 116 valence electrons. The molecule has 0 aliphatic rings. The zero-order chi connectivity index (χ0) is 15.9. The lowest BCUT2D eigenvalue weighted by atomic mass is 10.3. The van der Waals surface area contributed by atoms with Gasteiger partial charge in [0.25, 0.3) is 0 Å². The van der Waals surface area contributed by atoms with Gasteiger partial charge in [-0.25, -0.2) is 4.39 Å². The number of halogens is 3. The molecule has 0 atom stereocenters. The predicted octanol–water partition coefficient (Wildman–Crippen LogP) is 4.16. The van der Waals surface area contributed by atoms with Crippen LogP contribution in [0.3, 0.4) is 0 Å². The van der Waals surface area contributed by atoms with Crippen LogP contribution in [0.15, 0.2) is 53.4 Å². The number of alkyl halides is 2. The Kier molecular flexibility index (Phi) is 5.71. The lowest BCUT2D eigenvalue weighted by Gasteiger charge is -2.11. The summed E-state index contributed by atoms with van der Waals surface area (Å²) in [5.74, 6) is -0.765. The van der Waals surface area contributed by atoms with Crippen LogP contribution in [0.5, 0.6) is 5.75 Å². The van der Waals surface area contributed by atoms with Gasteiger partial charge in [0.05, 0.1) is 11.4 Å². The number of hydrogen-bond donors (Lipinski definition) is 1. The molecule has 1 amide bonds. The number of thioether (sulfide) groups is 1. The van der Waals surface area contributed by atoms with Crippen LogP contribution in [0.1, 0.15) is 0 Å². The van der Waals surface area contributed by atoms with Crippen molar-refractivity contribution in [2.24, 2.45) is 0 Å². The van der Waals surface area contributed by atoms with Crippen LogP contribution in [0.25, 0.3) is 0 Å². The first-order valence-electron chi connectivity index (χ1n) is 6.26. The zero-order valence-corrected chi connectivity index (χ0v) is 12.1. The van der Waals surface area contributed by atoms with Crippen molar-refractivity contribution in [3.05, 3.63) is 54.3 Å². The molecule has 0 heterocycles. The van der Waals surface area contributed by atoms with E-state index in [1.165, 1.54) is 42.1 Å². The van der Waals surface area contributed by atoms with Gasteiger partial charge in [0, 0.05) is 4.90 Å². The number of nitrogens with one attached hydrogen (secondary N) is 1. The molecule has 2 aromatic carbocycles. The molecule has 0 saturated heterocycles. The van der Waals surface area contributed by atoms with Crippen LogP contribution in [-0.2, 0) is 4.79 Å². The second-order valence-electron chi connectivity index (χ2n) is 4.17. The maximum atomic E-state index is 12.8. The molecule has 2 aromatic rings. The number of para-hydroxylation sites is 2. The second kappa shape index (κ2) is 7.74. The third kappa shape index (κ3) is 5.00. The Morgan fingerprint density at radius 1 is 1.14 bits per heavy atom. The summed E-state index contributed by atoms with van der Waals surface area (Å²) in [6, 6.07) is 11.6. The van der Waals surface area contributed by atoms with Gasteiger partial charge in [0.2, 0.25) is 5.91 Å². The van der Waals surface area contributed by atoms with Gasteiger partial charge in [-0.05, 0) is 36.4 Å². The number of ether oxygens (including phenoxy) is 1. The molecule has 3 nitrogen and oxygen atoms in total. The molecule has 0 spiro atoms. The maximum absolute atomic E-state index is 12.8. The van der Waals surface area contributed by atoms with Gasteiger partial charge in [0.15, 0.2) is 0 Å². The van der Waals surface area contributed by atoms with Crippen molar-refractivity contribution in [1.29, 1.82) is 0 Å². The lowest BCUT2D eigenvalue weighted by molar-refractivity contribution is -0.113. The van der Waals surface area contributed by atoms with Gasteiger partial charge in [-0.2, -0.15) is 8.78 Å². The van der Waals surface area contributed by atoms with E-state index in [4.69, 9.17) is 0 Å². The third-order valence-electron chi connectivity index (χ3n) is 2.56. The molecular weight excluding hydrogens is 315 g/mol. The smallest absolute Gasteiger partial charge is 0.387 e. The molecule has 0 unspecified atom stereocenters. The molecule has 22 heavy (non-hydrogen) atoms. The van der Waals surface area contributed by atoms with Crippen molar-refractivity contribution in [3.63, 3.8) is 0 Å². The number of carbonyl (C=O) groups excluding carboxylic acids is 1. The largest absolute Gasteiger partial charge is 0.433 e. The van der Waals surface area contributed by atoms with E-state index in [0.29, 0.717) is 0 Å². The highest BCUT2D eigenvalue weighted by Gasteiger charge is 2.11. The predicted molar refractivity (Wildman–Crippen MR) is 78.8 cm³/mol. The Balaban J connectivity index is 1.93. The third-order valence-corrected chi connectivity index (χ3v) is 3.57. The van der Waals surface area contributed by atoms with E-state index < -0.39 is 6.61 Å². The van der Waals surface area contributed by atoms with Gasteiger partial charge in [-0.1, -0.05) is 12.1 Å². The van der Waals surface area contributed by atoms with E-state index in [1.807, 2.05) is 0 Å². The second-order valence-corrected chi connectivity index (χ2v) is 5.21. The minimum atomic E-state index is -2.97. The van der Waals surface area contributed by atoms with Crippen LogP contribution in [0.2, 0.25) is 0 Å². The zero-order valence-electron chi connectivity index (χ0n) is 11.3. The van der Waals surface area contributed by atoms with E-state index in [-0.39, 0.29) is 28.9 Å². The Morgan fingerprint density at radius 3 is 2.50 bits per heavy atom. The Hall–Kier alpha value is -2.15. The average molecular weight is 327 g/mol. The molecule has 0 aliphatic carbocycles. The van der Waals surface area contributed by atoms with Crippen LogP contribution in [-0.4, -0.2) is 18.3 Å². The topological polar surface area (TPSA) is 38.3 Å². The molecule has 7 heteroatoms. The summed E-state index contributed by atoms with van der Waals surface area (Å²) in [5, 5.41) is 2.51. The monoisotopic (exact) mass is 327 g/mol. The van der Waals surface area contributed by atoms with Gasteiger partial charge < -0.3 is 10.1 Å². The normalized spacial score (nSPS) is 10.5. The number of rotatable bonds is 6. The Bertz CT molecular complexity index is 635. The highest BCUT2D eigenvalue weighted by Crippen LogP contribution is 2.26. The molecule has 0 aliphatic heterocycles. The van der Waals surface area contributed by atoms with Crippen molar-refractivity contribution < 1.29 is 22.7 Å². The van der Waals surface area contributed by atoms with Crippen molar-refractivity contribution in [2.75, 3.05) is 11.1 Å². The van der Waals surface area contributed by atoms with Crippen molar-refractivity contribution >= 4 is 23.4 Å². The van der Waals surface area contributed by atoms with Crippen molar-refractivity contribution in [2.45, 2.75) is 11.5 Å². The van der Waals surface area contributed by atoms with Gasteiger partial charge in [0.1, 0.15) is 11.6 Å².